The third kappa shape index (κ3) is 5.28. The van der Waals surface area contributed by atoms with Crippen LogP contribution in [0, 0.1) is 0 Å². The van der Waals surface area contributed by atoms with Crippen molar-refractivity contribution in [1.82, 2.24) is 10.2 Å². The predicted octanol–water partition coefficient (Wildman–Crippen LogP) is 1.82. The van der Waals surface area contributed by atoms with Gasteiger partial charge in [0, 0.05) is 39.2 Å². The summed E-state index contributed by atoms with van der Waals surface area (Å²) in [6.45, 7) is 2.68. The topological polar surface area (TPSA) is 67.9 Å². The number of nitrogens with one attached hydrogen (secondary N) is 1. The minimum absolute atomic E-state index is 0.0353. The maximum atomic E-state index is 12.2. The van der Waals surface area contributed by atoms with Crippen LogP contribution in [0.2, 0.25) is 0 Å². The number of methoxy groups -OCH3 is 1. The summed E-state index contributed by atoms with van der Waals surface area (Å²) in [6, 6.07) is 10.5. The standard InChI is InChI=1S/C21H26N2O4/c1-26-21(16-24)10-7-19(8-11-21)27-15-20(25)22-18-9-12-23(14-18)13-17-5-3-2-4-6-17/h2-8,10,16,18H,9,11-15H2,1H3,(H,22,25)/t18?,21-/m0/s1. The van der Waals surface area contributed by atoms with E-state index < -0.39 is 5.60 Å². The van der Waals surface area contributed by atoms with Crippen molar-refractivity contribution in [3.05, 3.63) is 59.9 Å². The van der Waals surface area contributed by atoms with E-state index in [-0.39, 0.29) is 18.6 Å². The van der Waals surface area contributed by atoms with Crippen molar-refractivity contribution in [1.29, 1.82) is 0 Å². The second-order valence-corrected chi connectivity index (χ2v) is 6.98. The molecule has 1 aromatic carbocycles. The summed E-state index contributed by atoms with van der Waals surface area (Å²) < 4.78 is 10.7. The highest BCUT2D eigenvalue weighted by molar-refractivity contribution is 5.77. The van der Waals surface area contributed by atoms with Crippen LogP contribution < -0.4 is 5.32 Å². The van der Waals surface area contributed by atoms with E-state index >= 15 is 0 Å². The minimum Gasteiger partial charge on any atom is -0.484 e. The smallest absolute Gasteiger partial charge is 0.258 e. The van der Waals surface area contributed by atoms with Gasteiger partial charge in [0.1, 0.15) is 11.4 Å². The molecule has 0 saturated carbocycles. The van der Waals surface area contributed by atoms with Gasteiger partial charge in [-0.1, -0.05) is 30.3 Å². The van der Waals surface area contributed by atoms with E-state index in [1.807, 2.05) is 18.2 Å². The quantitative estimate of drug-likeness (QED) is 0.707. The van der Waals surface area contributed by atoms with Gasteiger partial charge >= 0.3 is 0 Å². The Morgan fingerprint density at radius 3 is 2.85 bits per heavy atom. The normalized spacial score (nSPS) is 25.1. The Bertz CT molecular complexity index is 716. The van der Waals surface area contributed by atoms with Gasteiger partial charge < -0.3 is 14.8 Å². The van der Waals surface area contributed by atoms with Crippen LogP contribution in [-0.4, -0.2) is 55.5 Å². The van der Waals surface area contributed by atoms with Gasteiger partial charge in [0.25, 0.3) is 5.91 Å². The highest BCUT2D eigenvalue weighted by atomic mass is 16.5. The van der Waals surface area contributed by atoms with Crippen LogP contribution in [0.1, 0.15) is 18.4 Å². The first-order chi connectivity index (χ1) is 13.1. The zero-order valence-electron chi connectivity index (χ0n) is 15.6. The number of amides is 1. The fraction of sp³-hybridized carbons (Fsp3) is 0.429. The lowest BCUT2D eigenvalue weighted by atomic mass is 9.96. The molecule has 1 fully saturated rings. The van der Waals surface area contributed by atoms with E-state index in [4.69, 9.17) is 9.47 Å². The lowest BCUT2D eigenvalue weighted by molar-refractivity contribution is -0.125. The Balaban J connectivity index is 1.39. The van der Waals surface area contributed by atoms with E-state index in [9.17, 15) is 9.59 Å². The Morgan fingerprint density at radius 2 is 2.19 bits per heavy atom. The first-order valence-electron chi connectivity index (χ1n) is 9.22. The molecule has 2 aliphatic rings. The van der Waals surface area contributed by atoms with Gasteiger partial charge in [0.05, 0.1) is 0 Å². The fourth-order valence-electron chi connectivity index (χ4n) is 3.37. The number of rotatable bonds is 8. The van der Waals surface area contributed by atoms with Crippen molar-refractivity contribution in [2.45, 2.75) is 31.0 Å². The second-order valence-electron chi connectivity index (χ2n) is 6.98. The van der Waals surface area contributed by atoms with Crippen LogP contribution in [0.3, 0.4) is 0 Å². The Labute approximate surface area is 159 Å². The predicted molar refractivity (Wildman–Crippen MR) is 102 cm³/mol. The highest BCUT2D eigenvalue weighted by Crippen LogP contribution is 2.22. The van der Waals surface area contributed by atoms with Gasteiger partial charge in [-0.05, 0) is 30.2 Å². The fourth-order valence-corrected chi connectivity index (χ4v) is 3.37. The largest absolute Gasteiger partial charge is 0.484 e. The second kappa shape index (κ2) is 8.97. The van der Waals surface area contributed by atoms with E-state index in [1.54, 1.807) is 18.2 Å². The lowest BCUT2D eigenvalue weighted by Crippen LogP contribution is -2.39. The Morgan fingerprint density at radius 1 is 1.37 bits per heavy atom. The summed E-state index contributed by atoms with van der Waals surface area (Å²) in [6.07, 6.45) is 7.21. The SMILES string of the molecule is CO[C@@]1(C=O)C=CC(OCC(=O)NC2CCN(Cc3ccccc3)C2)=CC1. The lowest BCUT2D eigenvalue weighted by Gasteiger charge is -2.24. The van der Waals surface area contributed by atoms with Gasteiger partial charge in [0.15, 0.2) is 12.9 Å². The van der Waals surface area contributed by atoms with Crippen molar-refractivity contribution >= 4 is 12.2 Å². The molecule has 0 aromatic heterocycles. The summed E-state index contributed by atoms with van der Waals surface area (Å²) >= 11 is 0. The van der Waals surface area contributed by atoms with Crippen molar-refractivity contribution < 1.29 is 19.1 Å². The zero-order valence-corrected chi connectivity index (χ0v) is 15.6. The molecule has 1 aliphatic heterocycles. The maximum absolute atomic E-state index is 12.2. The summed E-state index contributed by atoms with van der Waals surface area (Å²) in [7, 11) is 1.49. The van der Waals surface area contributed by atoms with Gasteiger partial charge in [0.2, 0.25) is 0 Å². The van der Waals surface area contributed by atoms with Crippen LogP contribution in [0.25, 0.3) is 0 Å². The average molecular weight is 370 g/mol. The molecule has 1 aliphatic carbocycles. The molecule has 1 N–H and O–H groups in total. The number of hydrogen-bond acceptors (Lipinski definition) is 5. The minimum atomic E-state index is -0.915. The van der Waals surface area contributed by atoms with Crippen molar-refractivity contribution in [3.8, 4) is 0 Å². The molecule has 1 saturated heterocycles. The van der Waals surface area contributed by atoms with Crippen LogP contribution in [0.5, 0.6) is 0 Å². The summed E-state index contributed by atoms with van der Waals surface area (Å²) in [4.78, 5) is 25.6. The first kappa shape index (κ1) is 19.3. The number of ether oxygens (including phenoxy) is 2. The monoisotopic (exact) mass is 370 g/mol. The summed E-state index contributed by atoms with van der Waals surface area (Å²) in [5.74, 6) is 0.451. The number of likely N-dealkylation sites (tertiary alicyclic amines) is 1. The molecule has 1 heterocycles. The number of carbonyl (C=O) groups is 2. The summed E-state index contributed by atoms with van der Waals surface area (Å²) in [5.41, 5.74) is 0.368. The maximum Gasteiger partial charge on any atom is 0.258 e. The molecule has 0 bridgehead atoms. The van der Waals surface area contributed by atoms with Gasteiger partial charge in [-0.3, -0.25) is 14.5 Å². The third-order valence-corrected chi connectivity index (χ3v) is 4.99. The van der Waals surface area contributed by atoms with Crippen molar-refractivity contribution in [2.24, 2.45) is 0 Å². The molecular weight excluding hydrogens is 344 g/mol. The molecule has 144 valence electrons. The molecular formula is C21H26N2O4. The van der Waals surface area contributed by atoms with Gasteiger partial charge in [-0.2, -0.15) is 0 Å². The Kier molecular flexibility index (Phi) is 6.42. The molecule has 0 spiro atoms. The van der Waals surface area contributed by atoms with E-state index in [2.05, 4.69) is 22.3 Å². The van der Waals surface area contributed by atoms with Crippen LogP contribution in [-0.2, 0) is 25.6 Å². The number of hydrogen-bond donors (Lipinski definition) is 1. The van der Waals surface area contributed by atoms with Crippen molar-refractivity contribution in [2.75, 3.05) is 26.8 Å². The van der Waals surface area contributed by atoms with Crippen LogP contribution in [0.4, 0.5) is 0 Å². The first-order valence-corrected chi connectivity index (χ1v) is 9.22. The van der Waals surface area contributed by atoms with E-state index in [0.29, 0.717) is 12.2 Å². The van der Waals surface area contributed by atoms with Gasteiger partial charge in [-0.15, -0.1) is 0 Å². The number of aldehydes is 1. The van der Waals surface area contributed by atoms with E-state index in [0.717, 1.165) is 32.3 Å². The zero-order chi connectivity index (χ0) is 19.1. The molecule has 2 atom stereocenters. The van der Waals surface area contributed by atoms with Crippen LogP contribution in [0.15, 0.2) is 54.3 Å². The molecule has 1 amide bonds. The molecule has 27 heavy (non-hydrogen) atoms. The molecule has 6 heteroatoms. The van der Waals surface area contributed by atoms with Crippen LogP contribution >= 0.6 is 0 Å². The Hall–Kier alpha value is -2.44. The van der Waals surface area contributed by atoms with E-state index in [1.165, 1.54) is 12.7 Å². The average Bonchev–Trinajstić information content (AvgIpc) is 3.14. The highest BCUT2D eigenvalue weighted by Gasteiger charge is 2.28. The third-order valence-electron chi connectivity index (χ3n) is 4.99. The number of allylic oxidation sites excluding steroid dienone is 1. The van der Waals surface area contributed by atoms with Crippen molar-refractivity contribution in [3.63, 3.8) is 0 Å². The number of benzene rings is 1. The molecule has 0 radical (unpaired) electrons. The molecule has 3 rings (SSSR count). The number of carbonyl (C=O) groups excluding carboxylic acids is 2. The van der Waals surface area contributed by atoms with Gasteiger partial charge in [-0.25, -0.2) is 0 Å². The molecule has 6 nitrogen and oxygen atoms in total. The summed E-state index contributed by atoms with van der Waals surface area (Å²) in [5, 5.41) is 3.04. The molecule has 1 unspecified atom stereocenters. The molecule has 1 aromatic rings. The number of nitrogens with zero attached hydrogens (tertiary/aromatic N) is 1.